The average Bonchev–Trinajstić information content (AvgIpc) is 3.27. The van der Waals surface area contributed by atoms with Gasteiger partial charge in [0.1, 0.15) is 29.4 Å². The molecule has 5 rings (SSSR count). The number of likely N-dealkylation sites (N-methyl/N-ethyl adjacent to an activating group) is 1. The van der Waals surface area contributed by atoms with Crippen molar-refractivity contribution in [3.63, 3.8) is 0 Å². The van der Waals surface area contributed by atoms with Gasteiger partial charge in [0.2, 0.25) is 0 Å². The molecule has 0 unspecified atom stereocenters. The maximum atomic E-state index is 9.88. The maximum absolute atomic E-state index is 9.88. The van der Waals surface area contributed by atoms with Crippen LogP contribution < -0.4 is 9.64 Å². The van der Waals surface area contributed by atoms with Crippen LogP contribution in [0.1, 0.15) is 36.8 Å². The lowest BCUT2D eigenvalue weighted by molar-refractivity contribution is 0.132. The van der Waals surface area contributed by atoms with Gasteiger partial charge in [0.15, 0.2) is 0 Å². The number of halogens is 2. The number of aryl methyl sites for hydroxylation is 1. The highest BCUT2D eigenvalue weighted by atomic mass is 35.5. The molecule has 1 fully saturated rings. The Hall–Kier alpha value is -3.38. The number of nitriles is 1. The third kappa shape index (κ3) is 4.48. The molecule has 0 bridgehead atoms. The normalized spacial score (nSPS) is 15.5. The Bertz CT molecular complexity index is 1540. The Kier molecular flexibility index (Phi) is 6.48. The zero-order chi connectivity index (χ0) is 26.5. The number of pyridine rings is 2. The van der Waals surface area contributed by atoms with Crippen LogP contribution in [0.3, 0.4) is 0 Å². The second-order valence-electron chi connectivity index (χ2n) is 9.91. The van der Waals surface area contributed by atoms with Crippen molar-refractivity contribution in [3.05, 3.63) is 63.5 Å². The summed E-state index contributed by atoms with van der Waals surface area (Å²) in [6.07, 6.45) is 2.96. The van der Waals surface area contributed by atoms with E-state index in [-0.39, 0.29) is 5.54 Å². The van der Waals surface area contributed by atoms with E-state index in [1.54, 1.807) is 12.4 Å². The van der Waals surface area contributed by atoms with E-state index in [1.807, 2.05) is 38.1 Å². The number of hydrogen-bond donors (Lipinski definition) is 1. The van der Waals surface area contributed by atoms with Crippen LogP contribution in [-0.2, 0) is 0 Å². The summed E-state index contributed by atoms with van der Waals surface area (Å²) < 4.78 is 6.22. The molecule has 1 saturated heterocycles. The number of hydrogen-bond acceptors (Lipinski definition) is 7. The van der Waals surface area contributed by atoms with E-state index in [0.717, 1.165) is 29.6 Å². The number of nitrogens with zero attached hydrogens (tertiary/aromatic N) is 6. The van der Waals surface area contributed by atoms with Gasteiger partial charge < -0.3 is 14.5 Å². The number of nitrogens with one attached hydrogen (secondary N) is 1. The molecule has 0 spiro atoms. The van der Waals surface area contributed by atoms with Crippen LogP contribution >= 0.6 is 23.2 Å². The quantitative estimate of drug-likeness (QED) is 0.334. The fourth-order valence-electron chi connectivity index (χ4n) is 4.63. The van der Waals surface area contributed by atoms with Crippen LogP contribution in [0.15, 0.2) is 36.7 Å². The van der Waals surface area contributed by atoms with E-state index in [1.165, 1.54) is 0 Å². The minimum absolute atomic E-state index is 0.0718. The molecule has 8 nitrogen and oxygen atoms in total. The molecule has 1 N–H and O–H groups in total. The fourth-order valence-corrected chi connectivity index (χ4v) is 5.28. The zero-order valence-electron chi connectivity index (χ0n) is 21.3. The molecule has 0 amide bonds. The molecule has 4 aromatic rings. The molecule has 37 heavy (non-hydrogen) atoms. The standard InChI is InChI=1S/C27H27Cl2N7O/c1-15-24(29)23(21(28)12-31-15)16(2)37-19-6-7-22-20(9-19)25(34-33-22)18-8-17(10-30)26(32-11-18)36-13-27(3,14-36)35(4)5/h6-9,11-12,16H,13-14H2,1-5H3,(H,33,34)/t16-/m1/s1. The molecule has 1 atom stereocenters. The Morgan fingerprint density at radius 3 is 2.65 bits per heavy atom. The molecule has 3 aromatic heterocycles. The van der Waals surface area contributed by atoms with Gasteiger partial charge in [0, 0.05) is 42.0 Å². The van der Waals surface area contributed by atoms with E-state index in [0.29, 0.717) is 44.1 Å². The van der Waals surface area contributed by atoms with Crippen molar-refractivity contribution < 1.29 is 4.74 Å². The second-order valence-corrected chi connectivity index (χ2v) is 10.7. The summed E-state index contributed by atoms with van der Waals surface area (Å²) in [6, 6.07) is 9.85. The lowest BCUT2D eigenvalue weighted by Gasteiger charge is -2.52. The number of aromatic amines is 1. The molecular weight excluding hydrogens is 509 g/mol. The van der Waals surface area contributed by atoms with E-state index in [9.17, 15) is 5.26 Å². The van der Waals surface area contributed by atoms with Crippen LogP contribution in [0.4, 0.5) is 5.82 Å². The van der Waals surface area contributed by atoms with Crippen molar-refractivity contribution in [1.82, 2.24) is 25.1 Å². The van der Waals surface area contributed by atoms with Gasteiger partial charge in [0.05, 0.1) is 32.4 Å². The highest BCUT2D eigenvalue weighted by Crippen LogP contribution is 2.37. The Labute approximate surface area is 225 Å². The summed E-state index contributed by atoms with van der Waals surface area (Å²) in [7, 11) is 4.14. The van der Waals surface area contributed by atoms with Gasteiger partial charge in [0.25, 0.3) is 0 Å². The molecule has 1 aromatic carbocycles. The van der Waals surface area contributed by atoms with Gasteiger partial charge in [-0.2, -0.15) is 10.4 Å². The average molecular weight is 536 g/mol. The van der Waals surface area contributed by atoms with Gasteiger partial charge in [-0.25, -0.2) is 4.98 Å². The minimum Gasteiger partial charge on any atom is -0.486 e. The van der Waals surface area contributed by atoms with Gasteiger partial charge >= 0.3 is 0 Å². The first-order chi connectivity index (χ1) is 17.6. The summed E-state index contributed by atoms with van der Waals surface area (Å²) >= 11 is 12.8. The molecule has 0 radical (unpaired) electrons. The van der Waals surface area contributed by atoms with Crippen molar-refractivity contribution in [3.8, 4) is 23.1 Å². The fraction of sp³-hybridized carbons (Fsp3) is 0.333. The highest BCUT2D eigenvalue weighted by Gasteiger charge is 2.42. The van der Waals surface area contributed by atoms with Crippen LogP contribution in [0.5, 0.6) is 5.75 Å². The first kappa shape index (κ1) is 25.3. The molecule has 10 heteroatoms. The predicted octanol–water partition coefficient (Wildman–Crippen LogP) is 5.79. The number of benzene rings is 1. The van der Waals surface area contributed by atoms with Gasteiger partial charge in [-0.3, -0.25) is 10.1 Å². The lowest BCUT2D eigenvalue weighted by atomic mass is 9.90. The smallest absolute Gasteiger partial charge is 0.146 e. The number of fused-ring (bicyclic) bond motifs is 1. The monoisotopic (exact) mass is 535 g/mol. The first-order valence-corrected chi connectivity index (χ1v) is 12.6. The van der Waals surface area contributed by atoms with Crippen LogP contribution in [0.25, 0.3) is 22.2 Å². The third-order valence-electron chi connectivity index (χ3n) is 7.14. The summed E-state index contributed by atoms with van der Waals surface area (Å²) in [5, 5.41) is 19.3. The van der Waals surface area contributed by atoms with Crippen molar-refractivity contribution in [2.45, 2.75) is 32.4 Å². The topological polar surface area (TPSA) is 94.0 Å². The predicted molar refractivity (Wildman–Crippen MR) is 146 cm³/mol. The molecule has 0 aliphatic carbocycles. The molecule has 4 heterocycles. The van der Waals surface area contributed by atoms with Crippen LogP contribution in [0, 0.1) is 18.3 Å². The van der Waals surface area contributed by atoms with Gasteiger partial charge in [-0.05, 0) is 59.1 Å². The summed E-state index contributed by atoms with van der Waals surface area (Å²) in [6.45, 7) is 7.56. The number of anilines is 1. The Morgan fingerprint density at radius 2 is 1.95 bits per heavy atom. The lowest BCUT2D eigenvalue weighted by Crippen LogP contribution is -2.67. The Morgan fingerprint density at radius 1 is 1.19 bits per heavy atom. The third-order valence-corrected chi connectivity index (χ3v) is 7.92. The number of rotatable bonds is 6. The molecule has 190 valence electrons. The van der Waals surface area contributed by atoms with Crippen molar-refractivity contribution in [1.29, 1.82) is 5.26 Å². The molecular formula is C27H27Cl2N7O. The van der Waals surface area contributed by atoms with Crippen LogP contribution in [-0.4, -0.2) is 57.8 Å². The van der Waals surface area contributed by atoms with Crippen LogP contribution in [0.2, 0.25) is 10.0 Å². The van der Waals surface area contributed by atoms with Gasteiger partial charge in [-0.15, -0.1) is 0 Å². The summed E-state index contributed by atoms with van der Waals surface area (Å²) in [4.78, 5) is 13.2. The molecule has 1 aliphatic heterocycles. The summed E-state index contributed by atoms with van der Waals surface area (Å²) in [5.74, 6) is 1.34. The second kappa shape index (κ2) is 9.49. The van der Waals surface area contributed by atoms with Crippen molar-refractivity contribution in [2.75, 3.05) is 32.1 Å². The number of H-pyrrole nitrogens is 1. The van der Waals surface area contributed by atoms with Crippen molar-refractivity contribution >= 4 is 39.9 Å². The largest absolute Gasteiger partial charge is 0.486 e. The number of aromatic nitrogens is 4. The van der Waals surface area contributed by atoms with E-state index >= 15 is 0 Å². The summed E-state index contributed by atoms with van der Waals surface area (Å²) in [5.41, 5.74) is 4.27. The van der Waals surface area contributed by atoms with Crippen molar-refractivity contribution in [2.24, 2.45) is 0 Å². The van der Waals surface area contributed by atoms with E-state index in [4.69, 9.17) is 27.9 Å². The minimum atomic E-state index is -0.398. The maximum Gasteiger partial charge on any atom is 0.146 e. The van der Waals surface area contributed by atoms with Gasteiger partial charge in [-0.1, -0.05) is 23.2 Å². The molecule has 1 aliphatic rings. The highest BCUT2D eigenvalue weighted by molar-refractivity contribution is 6.36. The SMILES string of the molecule is Cc1ncc(Cl)c([C@@H](C)Oc2ccc3[nH]nc(-c4cnc(N5CC(C)(N(C)C)C5)c(C#N)c4)c3c2)c1Cl. The molecule has 0 saturated carbocycles. The van der Waals surface area contributed by atoms with E-state index < -0.39 is 6.10 Å². The van der Waals surface area contributed by atoms with E-state index in [2.05, 4.69) is 57.1 Å². The number of ether oxygens (including phenoxy) is 1. The first-order valence-electron chi connectivity index (χ1n) is 11.9. The zero-order valence-corrected chi connectivity index (χ0v) is 22.8. The Balaban J connectivity index is 1.44.